The predicted molar refractivity (Wildman–Crippen MR) is 70.1 cm³/mol. The molecule has 17 heavy (non-hydrogen) atoms. The summed E-state index contributed by atoms with van der Waals surface area (Å²) in [4.78, 5) is 0. The number of hydrogen-bond acceptors (Lipinski definition) is 3. The van der Waals surface area contributed by atoms with Crippen molar-refractivity contribution in [1.29, 1.82) is 0 Å². The van der Waals surface area contributed by atoms with Gasteiger partial charge in [0.15, 0.2) is 0 Å². The molecule has 2 N–H and O–H groups in total. The number of piperidine rings is 1. The third kappa shape index (κ3) is 3.91. The molecule has 1 saturated heterocycles. The fourth-order valence-corrected chi connectivity index (χ4v) is 3.85. The highest BCUT2D eigenvalue weighted by atomic mass is 32.2. The van der Waals surface area contributed by atoms with Crippen molar-refractivity contribution < 1.29 is 8.42 Å². The van der Waals surface area contributed by atoms with E-state index in [4.69, 9.17) is 0 Å². The lowest BCUT2D eigenvalue weighted by molar-refractivity contribution is 0.291. The van der Waals surface area contributed by atoms with Crippen LogP contribution < -0.4 is 10.0 Å². The van der Waals surface area contributed by atoms with E-state index in [1.54, 1.807) is 0 Å². The van der Waals surface area contributed by atoms with Gasteiger partial charge in [-0.2, -0.15) is 17.4 Å². The quantitative estimate of drug-likeness (QED) is 0.767. The second kappa shape index (κ2) is 6.13. The summed E-state index contributed by atoms with van der Waals surface area (Å²) in [6.07, 6.45) is 1.91. The Hall–Kier alpha value is -0.170. The Kier molecular flexibility index (Phi) is 5.37. The van der Waals surface area contributed by atoms with E-state index in [1.165, 1.54) is 4.31 Å². The Morgan fingerprint density at radius 1 is 1.24 bits per heavy atom. The fourth-order valence-electron chi connectivity index (χ4n) is 2.32. The lowest BCUT2D eigenvalue weighted by Crippen LogP contribution is -2.57. The predicted octanol–water partition coefficient (Wildman–Crippen LogP) is 0.692. The van der Waals surface area contributed by atoms with Crippen LogP contribution in [0.25, 0.3) is 0 Å². The summed E-state index contributed by atoms with van der Waals surface area (Å²) in [7, 11) is -3.33. The van der Waals surface area contributed by atoms with Crippen LogP contribution in [-0.4, -0.2) is 43.9 Å². The van der Waals surface area contributed by atoms with Gasteiger partial charge >= 0.3 is 0 Å². The Labute approximate surface area is 105 Å². The molecule has 1 aliphatic rings. The van der Waals surface area contributed by atoms with Crippen LogP contribution in [0, 0.1) is 0 Å². The van der Waals surface area contributed by atoms with Crippen molar-refractivity contribution in [3.63, 3.8) is 0 Å². The summed E-state index contributed by atoms with van der Waals surface area (Å²) in [6.45, 7) is 8.89. The highest BCUT2D eigenvalue weighted by Crippen LogP contribution is 2.14. The van der Waals surface area contributed by atoms with Crippen LogP contribution in [0.15, 0.2) is 0 Å². The van der Waals surface area contributed by atoms with Gasteiger partial charge < -0.3 is 5.32 Å². The molecular formula is C11H25N3O2S. The average Bonchev–Trinajstić information content (AvgIpc) is 2.23. The molecule has 5 nitrogen and oxygen atoms in total. The van der Waals surface area contributed by atoms with Crippen LogP contribution in [0.5, 0.6) is 0 Å². The summed E-state index contributed by atoms with van der Waals surface area (Å²) < 4.78 is 28.4. The minimum absolute atomic E-state index is 0.00296. The largest absolute Gasteiger partial charge is 0.310 e. The van der Waals surface area contributed by atoms with E-state index in [2.05, 4.69) is 17.0 Å². The molecule has 3 unspecified atom stereocenters. The minimum atomic E-state index is -3.33. The molecule has 0 spiro atoms. The van der Waals surface area contributed by atoms with Gasteiger partial charge in [-0.15, -0.1) is 0 Å². The maximum absolute atomic E-state index is 12.1. The smallest absolute Gasteiger partial charge is 0.279 e. The highest BCUT2D eigenvalue weighted by molar-refractivity contribution is 7.87. The first-order valence-electron chi connectivity index (χ1n) is 6.44. The first-order valence-corrected chi connectivity index (χ1v) is 7.88. The van der Waals surface area contributed by atoms with E-state index in [9.17, 15) is 8.42 Å². The first-order chi connectivity index (χ1) is 7.90. The molecule has 6 heteroatoms. The van der Waals surface area contributed by atoms with Crippen LogP contribution in [0.4, 0.5) is 0 Å². The number of nitrogens with one attached hydrogen (secondary N) is 2. The van der Waals surface area contributed by atoms with Crippen LogP contribution >= 0.6 is 0 Å². The third-order valence-electron chi connectivity index (χ3n) is 3.41. The highest BCUT2D eigenvalue weighted by Gasteiger charge is 2.30. The van der Waals surface area contributed by atoms with E-state index in [0.717, 1.165) is 12.8 Å². The van der Waals surface area contributed by atoms with Gasteiger partial charge in [0.25, 0.3) is 10.2 Å². The van der Waals surface area contributed by atoms with Crippen molar-refractivity contribution in [3.8, 4) is 0 Å². The molecule has 0 aliphatic carbocycles. The van der Waals surface area contributed by atoms with E-state index in [0.29, 0.717) is 19.1 Å². The minimum Gasteiger partial charge on any atom is -0.310 e. The van der Waals surface area contributed by atoms with Gasteiger partial charge in [-0.25, -0.2) is 0 Å². The SMILES string of the molecule is CCN(CC)S(=O)(=O)NC1CCC(C)NC1C. The standard InChI is InChI=1S/C11H25N3O2S/c1-5-14(6-2)17(15,16)13-11-8-7-9(3)12-10(11)4/h9-13H,5-8H2,1-4H3. The molecule has 1 heterocycles. The lowest BCUT2D eigenvalue weighted by atomic mass is 9.96. The van der Waals surface area contributed by atoms with Crippen molar-refractivity contribution in [3.05, 3.63) is 0 Å². The Balaban J connectivity index is 2.64. The molecule has 0 radical (unpaired) electrons. The monoisotopic (exact) mass is 263 g/mol. The topological polar surface area (TPSA) is 61.4 Å². The number of rotatable bonds is 5. The van der Waals surface area contributed by atoms with Gasteiger partial charge in [0.1, 0.15) is 0 Å². The average molecular weight is 263 g/mol. The summed E-state index contributed by atoms with van der Waals surface area (Å²) in [6, 6.07) is 0.653. The second-order valence-corrected chi connectivity index (χ2v) is 6.45. The Morgan fingerprint density at radius 2 is 1.82 bits per heavy atom. The van der Waals surface area contributed by atoms with Crippen LogP contribution in [0.3, 0.4) is 0 Å². The molecule has 0 aromatic rings. The Morgan fingerprint density at radius 3 is 2.29 bits per heavy atom. The van der Waals surface area contributed by atoms with E-state index in [1.807, 2.05) is 20.8 Å². The van der Waals surface area contributed by atoms with E-state index in [-0.39, 0.29) is 12.1 Å². The van der Waals surface area contributed by atoms with Gasteiger partial charge in [-0.1, -0.05) is 13.8 Å². The maximum Gasteiger partial charge on any atom is 0.279 e. The summed E-state index contributed by atoms with van der Waals surface area (Å²) >= 11 is 0. The van der Waals surface area contributed by atoms with Crippen molar-refractivity contribution in [2.24, 2.45) is 0 Å². The van der Waals surface area contributed by atoms with Crippen molar-refractivity contribution in [2.75, 3.05) is 13.1 Å². The lowest BCUT2D eigenvalue weighted by Gasteiger charge is -2.35. The molecule has 0 aromatic heterocycles. The molecular weight excluding hydrogens is 238 g/mol. The number of nitrogens with zero attached hydrogens (tertiary/aromatic N) is 1. The second-order valence-electron chi connectivity index (χ2n) is 4.75. The van der Waals surface area contributed by atoms with Crippen LogP contribution in [0.2, 0.25) is 0 Å². The molecule has 1 aliphatic heterocycles. The van der Waals surface area contributed by atoms with Gasteiger partial charge in [-0.05, 0) is 26.7 Å². The molecule has 3 atom stereocenters. The number of hydrogen-bond donors (Lipinski definition) is 2. The van der Waals surface area contributed by atoms with Gasteiger partial charge in [0, 0.05) is 31.2 Å². The molecule has 0 amide bonds. The van der Waals surface area contributed by atoms with Crippen LogP contribution in [0.1, 0.15) is 40.5 Å². The first kappa shape index (κ1) is 14.9. The molecule has 0 saturated carbocycles. The van der Waals surface area contributed by atoms with Gasteiger partial charge in [0.2, 0.25) is 0 Å². The van der Waals surface area contributed by atoms with Crippen molar-refractivity contribution in [2.45, 2.75) is 58.7 Å². The van der Waals surface area contributed by atoms with Gasteiger partial charge in [0.05, 0.1) is 0 Å². The zero-order chi connectivity index (χ0) is 13.1. The molecule has 1 fully saturated rings. The van der Waals surface area contributed by atoms with E-state index < -0.39 is 10.2 Å². The zero-order valence-corrected chi connectivity index (χ0v) is 12.0. The van der Waals surface area contributed by atoms with E-state index >= 15 is 0 Å². The Bertz CT molecular complexity index is 328. The van der Waals surface area contributed by atoms with Crippen molar-refractivity contribution >= 4 is 10.2 Å². The van der Waals surface area contributed by atoms with Crippen LogP contribution in [-0.2, 0) is 10.2 Å². The molecule has 102 valence electrons. The molecule has 0 aromatic carbocycles. The summed E-state index contributed by atoms with van der Waals surface area (Å²) in [5, 5.41) is 3.38. The fraction of sp³-hybridized carbons (Fsp3) is 1.00. The van der Waals surface area contributed by atoms with Crippen molar-refractivity contribution in [1.82, 2.24) is 14.3 Å². The van der Waals surface area contributed by atoms with Gasteiger partial charge in [-0.3, -0.25) is 0 Å². The normalized spacial score (nSPS) is 30.8. The third-order valence-corrected chi connectivity index (χ3v) is 5.20. The zero-order valence-electron chi connectivity index (χ0n) is 11.2. The summed E-state index contributed by atoms with van der Waals surface area (Å²) in [5.74, 6) is 0. The molecule has 1 rings (SSSR count). The molecule has 0 bridgehead atoms. The summed E-state index contributed by atoms with van der Waals surface area (Å²) in [5.41, 5.74) is 0. The maximum atomic E-state index is 12.1.